The number of nitrogens with zero attached hydrogens (tertiary/aromatic N) is 2. The van der Waals surface area contributed by atoms with Crippen molar-refractivity contribution in [2.24, 2.45) is 0 Å². The summed E-state index contributed by atoms with van der Waals surface area (Å²) in [4.78, 5) is 28.1. The van der Waals surface area contributed by atoms with Crippen LogP contribution >= 0.6 is 23.2 Å². The monoisotopic (exact) mass is 304 g/mol. The van der Waals surface area contributed by atoms with Gasteiger partial charge in [-0.05, 0) is 12.1 Å². The lowest BCUT2D eigenvalue weighted by atomic mass is 10.2. The van der Waals surface area contributed by atoms with E-state index < -0.39 is 24.0 Å². The van der Waals surface area contributed by atoms with Crippen LogP contribution in [0.2, 0.25) is 10.3 Å². The van der Waals surface area contributed by atoms with Crippen molar-refractivity contribution in [3.63, 3.8) is 0 Å². The third-order valence-corrected chi connectivity index (χ3v) is 3.22. The number of rotatable bonds is 2. The van der Waals surface area contributed by atoms with Crippen LogP contribution in [-0.4, -0.2) is 50.7 Å². The second-order valence-corrected chi connectivity index (χ2v) is 4.98. The van der Waals surface area contributed by atoms with Gasteiger partial charge in [0.25, 0.3) is 5.91 Å². The van der Waals surface area contributed by atoms with Gasteiger partial charge in [-0.1, -0.05) is 23.2 Å². The van der Waals surface area contributed by atoms with Crippen molar-refractivity contribution in [1.82, 2.24) is 9.88 Å². The second kappa shape index (κ2) is 5.32. The lowest BCUT2D eigenvalue weighted by Gasteiger charge is -2.21. The van der Waals surface area contributed by atoms with Crippen molar-refractivity contribution in [2.45, 2.75) is 18.6 Å². The summed E-state index contributed by atoms with van der Waals surface area (Å²) in [5.41, 5.74) is 0.144. The predicted molar refractivity (Wildman–Crippen MR) is 67.3 cm³/mol. The number of pyridine rings is 1. The Morgan fingerprint density at radius 2 is 1.89 bits per heavy atom. The van der Waals surface area contributed by atoms with Gasteiger partial charge in [0, 0.05) is 18.5 Å². The number of hydrogen-bond donors (Lipinski definition) is 2. The van der Waals surface area contributed by atoms with Crippen LogP contribution in [0, 0.1) is 0 Å². The number of aliphatic carboxylic acids is 1. The Morgan fingerprint density at radius 3 is 2.42 bits per heavy atom. The molecule has 0 spiro atoms. The zero-order valence-corrected chi connectivity index (χ0v) is 11.1. The highest BCUT2D eigenvalue weighted by Crippen LogP contribution is 2.23. The molecule has 0 radical (unpaired) electrons. The first kappa shape index (κ1) is 14.0. The minimum atomic E-state index is -1.16. The van der Waals surface area contributed by atoms with Gasteiger partial charge in [-0.25, -0.2) is 9.78 Å². The number of carboxylic acids is 1. The highest BCUT2D eigenvalue weighted by molar-refractivity contribution is 6.33. The number of β-amino-alcohol motifs (C(OH)–C–C–N with tert-alkyl or cyclic N) is 1. The first-order chi connectivity index (χ1) is 8.88. The Bertz CT molecular complexity index is 517. The minimum Gasteiger partial charge on any atom is -0.480 e. The molecule has 0 aromatic carbocycles. The van der Waals surface area contributed by atoms with E-state index in [4.69, 9.17) is 28.3 Å². The van der Waals surface area contributed by atoms with E-state index in [-0.39, 0.29) is 28.8 Å². The summed E-state index contributed by atoms with van der Waals surface area (Å²) in [7, 11) is 0. The molecule has 1 fully saturated rings. The molecule has 1 unspecified atom stereocenters. The van der Waals surface area contributed by atoms with Gasteiger partial charge in [-0.2, -0.15) is 0 Å². The topological polar surface area (TPSA) is 90.7 Å². The minimum absolute atomic E-state index is 0.00756. The summed E-state index contributed by atoms with van der Waals surface area (Å²) in [6, 6.07) is 1.56. The maximum absolute atomic E-state index is 12.2. The Balaban J connectivity index is 2.30. The number of carboxylic acid groups (broad SMARTS) is 1. The molecule has 2 N–H and O–H groups in total. The van der Waals surface area contributed by atoms with Crippen molar-refractivity contribution in [3.8, 4) is 0 Å². The predicted octanol–water partition coefficient (Wildman–Crippen LogP) is 1.05. The van der Waals surface area contributed by atoms with Crippen LogP contribution in [0.5, 0.6) is 0 Å². The number of hydrogen-bond acceptors (Lipinski definition) is 4. The van der Waals surface area contributed by atoms with Gasteiger partial charge in [-0.15, -0.1) is 0 Å². The summed E-state index contributed by atoms with van der Waals surface area (Å²) in [5, 5.41) is 18.6. The SMILES string of the molecule is O=C(O)[C@@H]1CC(O)CN1C(=O)c1cc(Cl)nc(Cl)c1. The molecule has 1 saturated heterocycles. The van der Waals surface area contributed by atoms with Crippen LogP contribution in [0.3, 0.4) is 0 Å². The van der Waals surface area contributed by atoms with Crippen LogP contribution in [0.1, 0.15) is 16.8 Å². The molecular weight excluding hydrogens is 295 g/mol. The molecule has 19 heavy (non-hydrogen) atoms. The first-order valence-electron chi connectivity index (χ1n) is 5.43. The van der Waals surface area contributed by atoms with Crippen LogP contribution < -0.4 is 0 Å². The number of halogens is 2. The average molecular weight is 305 g/mol. The van der Waals surface area contributed by atoms with E-state index in [2.05, 4.69) is 4.98 Å². The third kappa shape index (κ3) is 2.97. The highest BCUT2D eigenvalue weighted by atomic mass is 35.5. The standard InChI is InChI=1S/C11H10Cl2N2O4/c12-8-1-5(2-9(13)14-8)10(17)15-4-6(16)3-7(15)11(18)19/h1-2,6-7,16H,3-4H2,(H,18,19)/t6?,7-/m0/s1. The van der Waals surface area contributed by atoms with Gasteiger partial charge >= 0.3 is 5.97 Å². The van der Waals surface area contributed by atoms with E-state index in [1.165, 1.54) is 12.1 Å². The van der Waals surface area contributed by atoms with Gasteiger partial charge in [0.05, 0.1) is 6.10 Å². The molecule has 6 nitrogen and oxygen atoms in total. The van der Waals surface area contributed by atoms with Crippen LogP contribution in [0.4, 0.5) is 0 Å². The highest BCUT2D eigenvalue weighted by Gasteiger charge is 2.39. The number of aliphatic hydroxyl groups is 1. The van der Waals surface area contributed by atoms with Crippen molar-refractivity contribution in [2.75, 3.05) is 6.54 Å². The Kier molecular flexibility index (Phi) is 3.93. The fourth-order valence-electron chi connectivity index (χ4n) is 2.03. The summed E-state index contributed by atoms with van der Waals surface area (Å²) in [6.07, 6.45) is -0.842. The van der Waals surface area contributed by atoms with Crippen molar-refractivity contribution >= 4 is 35.1 Å². The number of carbonyl (C=O) groups is 2. The van der Waals surface area contributed by atoms with Crippen molar-refractivity contribution < 1.29 is 19.8 Å². The van der Waals surface area contributed by atoms with Gasteiger partial charge < -0.3 is 15.1 Å². The van der Waals surface area contributed by atoms with E-state index in [1.807, 2.05) is 0 Å². The van der Waals surface area contributed by atoms with Crippen molar-refractivity contribution in [3.05, 3.63) is 28.0 Å². The summed E-state index contributed by atoms with van der Waals surface area (Å²) in [5.74, 6) is -1.70. The fourth-order valence-corrected chi connectivity index (χ4v) is 2.49. The molecule has 1 aliphatic rings. The van der Waals surface area contributed by atoms with Gasteiger partial charge in [-0.3, -0.25) is 4.79 Å². The maximum Gasteiger partial charge on any atom is 0.326 e. The molecule has 2 heterocycles. The Morgan fingerprint density at radius 1 is 1.32 bits per heavy atom. The number of aromatic nitrogens is 1. The molecule has 8 heteroatoms. The number of amides is 1. The van der Waals surface area contributed by atoms with Crippen LogP contribution in [0.25, 0.3) is 0 Å². The molecule has 2 rings (SSSR count). The van der Waals surface area contributed by atoms with E-state index >= 15 is 0 Å². The van der Waals surface area contributed by atoms with Crippen molar-refractivity contribution in [1.29, 1.82) is 0 Å². The zero-order chi connectivity index (χ0) is 14.2. The molecule has 1 aromatic rings. The number of aliphatic hydroxyl groups excluding tert-OH is 1. The average Bonchev–Trinajstić information content (AvgIpc) is 2.69. The summed E-state index contributed by atoms with van der Waals surface area (Å²) >= 11 is 11.4. The lowest BCUT2D eigenvalue weighted by Crippen LogP contribution is -2.40. The third-order valence-electron chi connectivity index (χ3n) is 2.83. The second-order valence-electron chi connectivity index (χ2n) is 4.20. The summed E-state index contributed by atoms with van der Waals surface area (Å²) < 4.78 is 0. The van der Waals surface area contributed by atoms with Gasteiger partial charge in [0.15, 0.2) is 0 Å². The molecule has 1 aromatic heterocycles. The smallest absolute Gasteiger partial charge is 0.326 e. The number of likely N-dealkylation sites (tertiary alicyclic amines) is 1. The molecule has 0 bridgehead atoms. The molecule has 1 amide bonds. The molecule has 1 aliphatic heterocycles. The fraction of sp³-hybridized carbons (Fsp3) is 0.364. The molecule has 2 atom stereocenters. The molecule has 0 saturated carbocycles. The largest absolute Gasteiger partial charge is 0.480 e. The van der Waals surface area contributed by atoms with E-state index in [9.17, 15) is 14.7 Å². The molecule has 102 valence electrons. The maximum atomic E-state index is 12.2. The van der Waals surface area contributed by atoms with E-state index in [0.29, 0.717) is 0 Å². The molecular formula is C11H10Cl2N2O4. The van der Waals surface area contributed by atoms with Crippen LogP contribution in [-0.2, 0) is 4.79 Å². The van der Waals surface area contributed by atoms with E-state index in [0.717, 1.165) is 4.90 Å². The quantitative estimate of drug-likeness (QED) is 0.797. The van der Waals surface area contributed by atoms with Gasteiger partial charge in [0.1, 0.15) is 16.3 Å². The molecule has 0 aliphatic carbocycles. The normalized spacial score (nSPS) is 22.6. The Labute approximate surface area is 118 Å². The van der Waals surface area contributed by atoms with Crippen LogP contribution in [0.15, 0.2) is 12.1 Å². The van der Waals surface area contributed by atoms with E-state index in [1.54, 1.807) is 0 Å². The summed E-state index contributed by atoms with van der Waals surface area (Å²) in [6.45, 7) is -0.0344. The lowest BCUT2D eigenvalue weighted by molar-refractivity contribution is -0.141. The first-order valence-corrected chi connectivity index (χ1v) is 6.19. The van der Waals surface area contributed by atoms with Gasteiger partial charge in [0.2, 0.25) is 0 Å². The Hall–Kier alpha value is -1.37. The number of carbonyl (C=O) groups excluding carboxylic acids is 1. The zero-order valence-electron chi connectivity index (χ0n) is 9.58.